The molecule has 0 heterocycles. The van der Waals surface area contributed by atoms with Gasteiger partial charge in [0.15, 0.2) is 11.5 Å². The maximum Gasteiger partial charge on any atom is 0.163 e. The van der Waals surface area contributed by atoms with Crippen molar-refractivity contribution in [2.75, 3.05) is 12.4 Å². The normalized spacial score (nSPS) is 10.6. The van der Waals surface area contributed by atoms with Crippen molar-refractivity contribution in [2.24, 2.45) is 0 Å². The van der Waals surface area contributed by atoms with Crippen molar-refractivity contribution in [3.8, 4) is 11.5 Å². The lowest BCUT2D eigenvalue weighted by Gasteiger charge is -2.15. The summed E-state index contributed by atoms with van der Waals surface area (Å²) in [7, 11) is 1.58. The van der Waals surface area contributed by atoms with Crippen LogP contribution in [0.1, 0.15) is 11.1 Å². The van der Waals surface area contributed by atoms with Gasteiger partial charge in [-0.2, -0.15) is 0 Å². The van der Waals surface area contributed by atoms with E-state index in [-0.39, 0.29) is 0 Å². The molecule has 0 amide bonds. The van der Waals surface area contributed by atoms with Gasteiger partial charge in [0.25, 0.3) is 0 Å². The van der Waals surface area contributed by atoms with Crippen LogP contribution in [0.2, 0.25) is 20.1 Å². The van der Waals surface area contributed by atoms with Crippen LogP contribution >= 0.6 is 46.4 Å². The molecule has 3 aromatic rings. The Morgan fingerprint density at radius 1 is 0.786 bits per heavy atom. The minimum atomic E-state index is 0.310. The lowest BCUT2D eigenvalue weighted by molar-refractivity contribution is 0.284. The van der Waals surface area contributed by atoms with Gasteiger partial charge >= 0.3 is 0 Å². The molecule has 0 aromatic heterocycles. The van der Waals surface area contributed by atoms with Crippen LogP contribution in [-0.4, -0.2) is 7.11 Å². The third kappa shape index (κ3) is 5.39. The Hall–Kier alpha value is -1.78. The van der Waals surface area contributed by atoms with E-state index in [4.69, 9.17) is 55.9 Å². The molecule has 0 fully saturated rings. The molecule has 0 unspecified atom stereocenters. The summed E-state index contributed by atoms with van der Waals surface area (Å²) in [6.45, 7) is 0.779. The number of benzene rings is 3. The molecule has 3 nitrogen and oxygen atoms in total. The average Bonchev–Trinajstić information content (AvgIpc) is 2.66. The number of hydrogen-bond acceptors (Lipinski definition) is 3. The Kier molecular flexibility index (Phi) is 7.19. The van der Waals surface area contributed by atoms with Gasteiger partial charge in [0.05, 0.1) is 7.11 Å². The molecule has 0 atom stereocenters. The monoisotopic (exact) mass is 455 g/mol. The molecule has 1 N–H and O–H groups in total. The van der Waals surface area contributed by atoms with Crippen LogP contribution in [0.4, 0.5) is 5.69 Å². The molecular weight excluding hydrogens is 440 g/mol. The van der Waals surface area contributed by atoms with Gasteiger partial charge in [-0.3, -0.25) is 0 Å². The molecule has 7 heteroatoms. The van der Waals surface area contributed by atoms with Crippen LogP contribution in [-0.2, 0) is 13.2 Å². The fraction of sp³-hybridized carbons (Fsp3) is 0.143. The first kappa shape index (κ1) is 20.9. The van der Waals surface area contributed by atoms with Gasteiger partial charge < -0.3 is 14.8 Å². The van der Waals surface area contributed by atoms with Crippen LogP contribution in [0, 0.1) is 0 Å². The average molecular weight is 457 g/mol. The fourth-order valence-corrected chi connectivity index (χ4v) is 3.55. The molecule has 0 spiro atoms. The zero-order chi connectivity index (χ0) is 20.1. The second-order valence-corrected chi connectivity index (χ2v) is 7.67. The van der Waals surface area contributed by atoms with E-state index in [1.807, 2.05) is 30.3 Å². The van der Waals surface area contributed by atoms with E-state index in [1.54, 1.807) is 31.4 Å². The second-order valence-electron chi connectivity index (χ2n) is 5.99. The lowest BCUT2D eigenvalue weighted by Crippen LogP contribution is -2.03. The minimum Gasteiger partial charge on any atom is -0.493 e. The van der Waals surface area contributed by atoms with Crippen LogP contribution in [0.15, 0.2) is 54.6 Å². The van der Waals surface area contributed by atoms with Crippen molar-refractivity contribution in [1.82, 2.24) is 0 Å². The maximum atomic E-state index is 6.45. The van der Waals surface area contributed by atoms with E-state index in [9.17, 15) is 0 Å². The second kappa shape index (κ2) is 9.62. The molecule has 3 rings (SSSR count). The van der Waals surface area contributed by atoms with E-state index in [0.717, 1.165) is 16.8 Å². The number of anilines is 1. The van der Waals surface area contributed by atoms with Gasteiger partial charge in [0.1, 0.15) is 6.61 Å². The fourth-order valence-electron chi connectivity index (χ4n) is 2.61. The molecule has 28 heavy (non-hydrogen) atoms. The molecular formula is C21H17Cl4NO2. The third-order valence-corrected chi connectivity index (χ3v) is 5.18. The Morgan fingerprint density at radius 2 is 1.50 bits per heavy atom. The van der Waals surface area contributed by atoms with E-state index < -0.39 is 0 Å². The number of rotatable bonds is 7. The largest absolute Gasteiger partial charge is 0.493 e. The highest BCUT2D eigenvalue weighted by molar-refractivity contribution is 6.35. The first-order valence-electron chi connectivity index (χ1n) is 8.39. The first-order valence-corrected chi connectivity index (χ1v) is 9.90. The molecule has 0 aliphatic carbocycles. The van der Waals surface area contributed by atoms with Crippen molar-refractivity contribution in [3.63, 3.8) is 0 Å². The Labute approximate surface area is 184 Å². The zero-order valence-electron chi connectivity index (χ0n) is 14.9. The van der Waals surface area contributed by atoms with Gasteiger partial charge in [-0.25, -0.2) is 0 Å². The number of halogens is 4. The van der Waals surface area contributed by atoms with Gasteiger partial charge in [-0.05, 0) is 35.9 Å². The standard InChI is InChI=1S/C21H17Cl4NO2/c1-27-20-6-14(11-26-17-8-15(22)7-16(23)9-17)19(25)10-21(20)28-12-13-4-2-3-5-18(13)24/h2-10,26H,11-12H2,1H3. The van der Waals surface area contributed by atoms with E-state index in [0.29, 0.717) is 44.7 Å². The number of hydrogen-bond donors (Lipinski definition) is 1. The molecule has 0 aliphatic heterocycles. The summed E-state index contributed by atoms with van der Waals surface area (Å²) in [6.07, 6.45) is 0. The summed E-state index contributed by atoms with van der Waals surface area (Å²) >= 11 is 24.7. The number of methoxy groups -OCH3 is 1. The highest BCUT2D eigenvalue weighted by atomic mass is 35.5. The summed E-state index contributed by atoms with van der Waals surface area (Å²) in [4.78, 5) is 0. The summed E-state index contributed by atoms with van der Waals surface area (Å²) in [5, 5.41) is 5.57. The molecule has 3 aromatic carbocycles. The van der Waals surface area contributed by atoms with E-state index in [1.165, 1.54) is 0 Å². The van der Waals surface area contributed by atoms with Crippen LogP contribution in [0.5, 0.6) is 11.5 Å². The van der Waals surface area contributed by atoms with Gasteiger partial charge in [-0.1, -0.05) is 64.6 Å². The Bertz CT molecular complexity index is 958. The maximum absolute atomic E-state index is 6.45. The van der Waals surface area contributed by atoms with Gasteiger partial charge in [0.2, 0.25) is 0 Å². The summed E-state index contributed by atoms with van der Waals surface area (Å²) in [5.41, 5.74) is 2.53. The van der Waals surface area contributed by atoms with Crippen molar-refractivity contribution >= 4 is 52.1 Å². The highest BCUT2D eigenvalue weighted by Crippen LogP contribution is 2.35. The molecule has 146 valence electrons. The minimum absolute atomic E-state index is 0.310. The summed E-state index contributed by atoms with van der Waals surface area (Å²) in [6, 6.07) is 16.3. The van der Waals surface area contributed by atoms with Crippen LogP contribution in [0.3, 0.4) is 0 Å². The molecule has 0 bridgehead atoms. The predicted molar refractivity (Wildman–Crippen MR) is 118 cm³/mol. The quantitative estimate of drug-likeness (QED) is 0.399. The highest BCUT2D eigenvalue weighted by Gasteiger charge is 2.12. The van der Waals surface area contributed by atoms with Crippen LogP contribution in [0.25, 0.3) is 0 Å². The lowest BCUT2D eigenvalue weighted by atomic mass is 10.2. The van der Waals surface area contributed by atoms with Crippen molar-refractivity contribution in [1.29, 1.82) is 0 Å². The number of ether oxygens (including phenoxy) is 2. The van der Waals surface area contributed by atoms with E-state index >= 15 is 0 Å². The predicted octanol–water partition coefficient (Wildman–Crippen LogP) is 7.50. The van der Waals surface area contributed by atoms with Gasteiger partial charge in [0, 0.05) is 44.0 Å². The molecule has 0 saturated heterocycles. The number of nitrogens with one attached hydrogen (secondary N) is 1. The SMILES string of the molecule is COc1cc(CNc2cc(Cl)cc(Cl)c2)c(Cl)cc1OCc1ccccc1Cl. The van der Waals surface area contributed by atoms with Crippen molar-refractivity contribution in [3.05, 3.63) is 85.8 Å². The molecule has 0 saturated carbocycles. The van der Waals surface area contributed by atoms with Crippen LogP contribution < -0.4 is 14.8 Å². The first-order chi connectivity index (χ1) is 13.5. The summed E-state index contributed by atoms with van der Waals surface area (Å²) in [5.74, 6) is 1.12. The molecule has 0 radical (unpaired) electrons. The van der Waals surface area contributed by atoms with Gasteiger partial charge in [-0.15, -0.1) is 0 Å². The van der Waals surface area contributed by atoms with Crippen molar-refractivity contribution < 1.29 is 9.47 Å². The summed E-state index contributed by atoms with van der Waals surface area (Å²) < 4.78 is 11.3. The zero-order valence-corrected chi connectivity index (χ0v) is 18.0. The third-order valence-electron chi connectivity index (χ3n) is 4.02. The smallest absolute Gasteiger partial charge is 0.163 e. The molecule has 0 aliphatic rings. The van der Waals surface area contributed by atoms with E-state index in [2.05, 4.69) is 5.32 Å². The topological polar surface area (TPSA) is 30.5 Å². The Morgan fingerprint density at radius 3 is 2.18 bits per heavy atom. The Balaban J connectivity index is 1.74. The van der Waals surface area contributed by atoms with Crippen molar-refractivity contribution in [2.45, 2.75) is 13.2 Å².